The maximum Gasteiger partial charge on any atom is 0.253 e. The number of hydrogen-bond acceptors (Lipinski definition) is 4. The summed E-state index contributed by atoms with van der Waals surface area (Å²) in [6.07, 6.45) is 7.80. The lowest BCUT2D eigenvalue weighted by atomic mass is 10.2. The van der Waals surface area contributed by atoms with Crippen LogP contribution in [0, 0.1) is 0 Å². The van der Waals surface area contributed by atoms with Crippen LogP contribution >= 0.6 is 0 Å². The number of anilines is 1. The lowest BCUT2D eigenvalue weighted by Gasteiger charge is -2.21. The van der Waals surface area contributed by atoms with Crippen molar-refractivity contribution in [3.05, 3.63) is 23.9 Å². The molecule has 3 rings (SSSR count). The average molecular weight is 288 g/mol. The van der Waals surface area contributed by atoms with Gasteiger partial charge in [-0.15, -0.1) is 0 Å². The van der Waals surface area contributed by atoms with Crippen LogP contribution in [0.1, 0.15) is 42.5 Å². The fraction of sp³-hybridized carbons (Fsp3) is 0.625. The van der Waals surface area contributed by atoms with Crippen molar-refractivity contribution < 1.29 is 4.79 Å². The number of carbonyl (C=O) groups is 1. The number of aromatic nitrogens is 1. The predicted octanol–water partition coefficient (Wildman–Crippen LogP) is 1.55. The molecule has 5 nitrogen and oxygen atoms in total. The first-order valence-corrected chi connectivity index (χ1v) is 8.05. The quantitative estimate of drug-likeness (QED) is 0.886. The third-order valence-corrected chi connectivity index (χ3v) is 4.34. The molecule has 0 aromatic carbocycles. The molecular formula is C16H24N4O. The molecule has 114 valence electrons. The molecule has 1 aromatic rings. The van der Waals surface area contributed by atoms with Crippen molar-refractivity contribution in [3.8, 4) is 0 Å². The first-order valence-electron chi connectivity index (χ1n) is 8.05. The Morgan fingerprint density at radius 1 is 1.24 bits per heavy atom. The van der Waals surface area contributed by atoms with Gasteiger partial charge >= 0.3 is 0 Å². The molecule has 3 heterocycles. The van der Waals surface area contributed by atoms with E-state index < -0.39 is 0 Å². The van der Waals surface area contributed by atoms with Crippen molar-refractivity contribution in [3.63, 3.8) is 0 Å². The molecule has 2 aliphatic heterocycles. The highest BCUT2D eigenvalue weighted by Crippen LogP contribution is 2.17. The van der Waals surface area contributed by atoms with E-state index in [4.69, 9.17) is 0 Å². The van der Waals surface area contributed by atoms with Crippen LogP contribution in [-0.4, -0.2) is 43.1 Å². The van der Waals surface area contributed by atoms with Gasteiger partial charge < -0.3 is 15.5 Å². The topological polar surface area (TPSA) is 57.3 Å². The minimum Gasteiger partial charge on any atom is -0.357 e. The van der Waals surface area contributed by atoms with Gasteiger partial charge in [0.2, 0.25) is 0 Å². The summed E-state index contributed by atoms with van der Waals surface area (Å²) in [6.45, 7) is 4.00. The van der Waals surface area contributed by atoms with Crippen LogP contribution in [0.4, 0.5) is 5.82 Å². The largest absolute Gasteiger partial charge is 0.357 e. The van der Waals surface area contributed by atoms with E-state index in [2.05, 4.69) is 20.5 Å². The highest BCUT2D eigenvalue weighted by Gasteiger charge is 2.18. The smallest absolute Gasteiger partial charge is 0.253 e. The number of hydrogen-bond donors (Lipinski definition) is 2. The fourth-order valence-electron chi connectivity index (χ4n) is 3.05. The van der Waals surface area contributed by atoms with Crippen molar-refractivity contribution in [2.45, 2.75) is 38.1 Å². The third kappa shape index (κ3) is 3.73. The normalized spacial score (nSPS) is 22.9. The van der Waals surface area contributed by atoms with Crippen LogP contribution < -0.4 is 15.5 Å². The molecular weight excluding hydrogens is 264 g/mol. The van der Waals surface area contributed by atoms with Gasteiger partial charge in [-0.3, -0.25) is 4.79 Å². The van der Waals surface area contributed by atoms with Crippen LogP contribution in [0.3, 0.4) is 0 Å². The molecule has 0 aliphatic carbocycles. The Kier molecular flexibility index (Phi) is 4.70. The second-order valence-corrected chi connectivity index (χ2v) is 5.97. The molecule has 0 spiro atoms. The molecule has 1 amide bonds. The lowest BCUT2D eigenvalue weighted by molar-refractivity contribution is 0.0939. The molecule has 0 bridgehead atoms. The summed E-state index contributed by atoms with van der Waals surface area (Å²) in [5.41, 5.74) is 0.653. The first-order chi connectivity index (χ1) is 10.3. The van der Waals surface area contributed by atoms with Crippen LogP contribution in [0.25, 0.3) is 0 Å². The summed E-state index contributed by atoms with van der Waals surface area (Å²) in [5, 5.41) is 6.30. The Bertz CT molecular complexity index is 460. The Morgan fingerprint density at radius 3 is 2.67 bits per heavy atom. The van der Waals surface area contributed by atoms with Gasteiger partial charge in [-0.1, -0.05) is 12.8 Å². The Morgan fingerprint density at radius 2 is 2.05 bits per heavy atom. The van der Waals surface area contributed by atoms with Gasteiger partial charge in [0.05, 0.1) is 5.56 Å². The zero-order chi connectivity index (χ0) is 14.5. The molecule has 2 aliphatic rings. The Labute approximate surface area is 126 Å². The van der Waals surface area contributed by atoms with Crippen molar-refractivity contribution in [1.82, 2.24) is 15.6 Å². The van der Waals surface area contributed by atoms with Crippen LogP contribution in [-0.2, 0) is 0 Å². The monoisotopic (exact) mass is 288 g/mol. The second-order valence-electron chi connectivity index (χ2n) is 5.97. The summed E-state index contributed by atoms with van der Waals surface area (Å²) in [6, 6.07) is 4.13. The summed E-state index contributed by atoms with van der Waals surface area (Å²) in [5.74, 6) is 0.981. The number of nitrogens with zero attached hydrogens (tertiary/aromatic N) is 2. The minimum absolute atomic E-state index is 0.0152. The van der Waals surface area contributed by atoms with E-state index in [0.717, 1.165) is 38.4 Å². The van der Waals surface area contributed by atoms with Crippen LogP contribution in [0.2, 0.25) is 0 Å². The van der Waals surface area contributed by atoms with Crippen molar-refractivity contribution in [2.75, 3.05) is 31.1 Å². The van der Waals surface area contributed by atoms with Crippen molar-refractivity contribution >= 4 is 11.7 Å². The first kappa shape index (κ1) is 14.3. The van der Waals surface area contributed by atoms with Crippen molar-refractivity contribution in [2.24, 2.45) is 0 Å². The second kappa shape index (κ2) is 6.89. The molecule has 2 fully saturated rings. The zero-order valence-corrected chi connectivity index (χ0v) is 12.5. The SMILES string of the molecule is O=C(NC1CCNC1)c1ccc(N2CCCCCC2)nc1. The van der Waals surface area contributed by atoms with Gasteiger partial charge in [0.15, 0.2) is 0 Å². The van der Waals surface area contributed by atoms with E-state index in [9.17, 15) is 4.79 Å². The summed E-state index contributed by atoms with van der Waals surface area (Å²) < 4.78 is 0. The highest BCUT2D eigenvalue weighted by molar-refractivity contribution is 5.94. The van der Waals surface area contributed by atoms with E-state index >= 15 is 0 Å². The van der Waals surface area contributed by atoms with Crippen LogP contribution in [0.5, 0.6) is 0 Å². The number of carbonyl (C=O) groups excluding carboxylic acids is 1. The molecule has 1 aromatic heterocycles. The molecule has 21 heavy (non-hydrogen) atoms. The standard InChI is InChI=1S/C16H24N4O/c21-16(19-14-7-8-17-12-14)13-5-6-15(18-11-13)20-9-3-1-2-4-10-20/h5-6,11,14,17H,1-4,7-10,12H2,(H,19,21). The maximum absolute atomic E-state index is 12.2. The Balaban J connectivity index is 1.61. The van der Waals surface area contributed by atoms with Crippen LogP contribution in [0.15, 0.2) is 18.3 Å². The third-order valence-electron chi connectivity index (χ3n) is 4.34. The molecule has 1 unspecified atom stereocenters. The van der Waals surface area contributed by atoms with Crippen molar-refractivity contribution in [1.29, 1.82) is 0 Å². The lowest BCUT2D eigenvalue weighted by Crippen LogP contribution is -2.36. The summed E-state index contributed by atoms with van der Waals surface area (Å²) in [4.78, 5) is 19.0. The molecule has 0 saturated carbocycles. The highest BCUT2D eigenvalue weighted by atomic mass is 16.1. The van der Waals surface area contributed by atoms with Gasteiger partial charge in [-0.05, 0) is 37.9 Å². The molecule has 5 heteroatoms. The number of amides is 1. The van der Waals surface area contributed by atoms with Gasteiger partial charge in [0.1, 0.15) is 5.82 Å². The predicted molar refractivity (Wildman–Crippen MR) is 83.7 cm³/mol. The zero-order valence-electron chi connectivity index (χ0n) is 12.5. The molecule has 0 radical (unpaired) electrons. The van der Waals surface area contributed by atoms with Gasteiger partial charge in [-0.25, -0.2) is 4.98 Å². The van der Waals surface area contributed by atoms with E-state index in [-0.39, 0.29) is 11.9 Å². The van der Waals surface area contributed by atoms with E-state index in [1.165, 1.54) is 25.7 Å². The number of rotatable bonds is 3. The number of nitrogens with one attached hydrogen (secondary N) is 2. The van der Waals surface area contributed by atoms with Gasteiger partial charge in [-0.2, -0.15) is 0 Å². The minimum atomic E-state index is -0.0152. The maximum atomic E-state index is 12.2. The summed E-state index contributed by atoms with van der Waals surface area (Å²) in [7, 11) is 0. The fourth-order valence-corrected chi connectivity index (χ4v) is 3.05. The number of pyridine rings is 1. The molecule has 1 atom stereocenters. The van der Waals surface area contributed by atoms with E-state index in [1.54, 1.807) is 6.20 Å². The van der Waals surface area contributed by atoms with E-state index in [1.807, 2.05) is 12.1 Å². The molecule has 2 saturated heterocycles. The molecule has 2 N–H and O–H groups in total. The van der Waals surface area contributed by atoms with Gasteiger partial charge in [0, 0.05) is 31.9 Å². The van der Waals surface area contributed by atoms with E-state index in [0.29, 0.717) is 5.56 Å². The average Bonchev–Trinajstić information content (AvgIpc) is 2.87. The summed E-state index contributed by atoms with van der Waals surface area (Å²) >= 11 is 0. The Hall–Kier alpha value is -1.62. The van der Waals surface area contributed by atoms with Gasteiger partial charge in [0.25, 0.3) is 5.91 Å².